The van der Waals surface area contributed by atoms with Crippen LogP contribution in [-0.2, 0) is 14.5 Å². The monoisotopic (exact) mass is 502 g/mol. The largest absolute Gasteiger partial charge is 0.441 e. The number of rotatable bonds is 14. The second-order valence-electron chi connectivity index (χ2n) is 8.02. The van der Waals surface area contributed by atoms with Crippen LogP contribution in [0.4, 0.5) is 16.2 Å². The number of para-hydroxylation sites is 2. The molecule has 36 heavy (non-hydrogen) atoms. The van der Waals surface area contributed by atoms with Gasteiger partial charge in [-0.1, -0.05) is 37.1 Å². The Bertz CT molecular complexity index is 1060. The number of carbonyl (C=O) groups is 1. The Morgan fingerprint density at radius 1 is 0.889 bits per heavy atom. The van der Waals surface area contributed by atoms with E-state index in [1.54, 1.807) is 50.2 Å². The Morgan fingerprint density at radius 2 is 1.42 bits per heavy atom. The van der Waals surface area contributed by atoms with Gasteiger partial charge in [-0.05, 0) is 38.8 Å². The first-order valence-corrected chi connectivity index (χ1v) is 11.5. The van der Waals surface area contributed by atoms with Crippen LogP contribution >= 0.6 is 0 Å². The van der Waals surface area contributed by atoms with E-state index in [4.69, 9.17) is 19.9 Å². The highest BCUT2D eigenvalue weighted by atomic mass is 17.2. The number of ether oxygens (including phenoxy) is 1. The molecule has 0 saturated heterocycles. The van der Waals surface area contributed by atoms with Gasteiger partial charge in [0.05, 0.1) is 21.0 Å². The van der Waals surface area contributed by atoms with Crippen molar-refractivity contribution in [2.24, 2.45) is 0 Å². The number of nitro benzene ring substituents is 2. The van der Waals surface area contributed by atoms with Crippen molar-refractivity contribution in [1.29, 1.82) is 5.41 Å². The number of nitrogens with zero attached hydrogens (tertiary/aromatic N) is 2. The van der Waals surface area contributed by atoms with Crippen LogP contribution in [0, 0.1) is 25.6 Å². The Kier molecular flexibility index (Phi) is 11.2. The minimum Gasteiger partial charge on any atom is -0.441 e. The van der Waals surface area contributed by atoms with Gasteiger partial charge in [0.15, 0.2) is 0 Å². The van der Waals surface area contributed by atoms with Gasteiger partial charge < -0.3 is 14.9 Å². The first kappa shape index (κ1) is 28.2. The standard InChI is InChI=1S/C24H30N4O8/c1-17(19-11-6-8-13-21(19)27(30)31)34-24(29)26-16-10-4-3-5-15-23(25)36-35-18(2)20-12-7-9-14-22(20)28(32)33/h6-9,11-14,17-18,25H,3-5,10,15-16H2,1-2H3,(H,26,29). The third kappa shape index (κ3) is 8.95. The average molecular weight is 503 g/mol. The molecule has 12 nitrogen and oxygen atoms in total. The second kappa shape index (κ2) is 14.4. The van der Waals surface area contributed by atoms with Gasteiger partial charge in [0.25, 0.3) is 11.4 Å². The van der Waals surface area contributed by atoms with Crippen LogP contribution in [-0.4, -0.2) is 28.4 Å². The highest BCUT2D eigenvalue weighted by molar-refractivity contribution is 5.71. The Labute approximate surface area is 208 Å². The fraction of sp³-hybridized carbons (Fsp3) is 0.417. The van der Waals surface area contributed by atoms with Crippen LogP contribution < -0.4 is 5.32 Å². The van der Waals surface area contributed by atoms with E-state index in [1.807, 2.05) is 0 Å². The summed E-state index contributed by atoms with van der Waals surface area (Å²) in [5, 5.41) is 32.7. The van der Waals surface area contributed by atoms with Crippen molar-refractivity contribution in [3.8, 4) is 0 Å². The lowest BCUT2D eigenvalue weighted by Crippen LogP contribution is -2.26. The summed E-state index contributed by atoms with van der Waals surface area (Å²) in [7, 11) is 0. The van der Waals surface area contributed by atoms with Gasteiger partial charge in [-0.3, -0.25) is 25.6 Å². The van der Waals surface area contributed by atoms with Crippen LogP contribution in [0.1, 0.15) is 69.3 Å². The molecule has 2 atom stereocenters. The summed E-state index contributed by atoms with van der Waals surface area (Å²) in [6.45, 7) is 3.56. The number of hydrogen-bond acceptors (Lipinski definition) is 9. The van der Waals surface area contributed by atoms with E-state index < -0.39 is 28.1 Å². The van der Waals surface area contributed by atoms with Crippen molar-refractivity contribution in [3.05, 3.63) is 79.9 Å². The lowest BCUT2D eigenvalue weighted by atomic mass is 10.1. The fourth-order valence-electron chi connectivity index (χ4n) is 3.44. The van der Waals surface area contributed by atoms with Crippen LogP contribution in [0.25, 0.3) is 0 Å². The zero-order valence-corrected chi connectivity index (χ0v) is 20.2. The number of amides is 1. The van der Waals surface area contributed by atoms with Crippen molar-refractivity contribution in [3.63, 3.8) is 0 Å². The molecule has 0 heterocycles. The Hall–Kier alpha value is -4.06. The summed E-state index contributed by atoms with van der Waals surface area (Å²) in [5.74, 6) is -0.0777. The number of benzene rings is 2. The minimum atomic E-state index is -0.768. The molecule has 0 spiro atoms. The van der Waals surface area contributed by atoms with E-state index in [0.717, 1.165) is 12.8 Å². The summed E-state index contributed by atoms with van der Waals surface area (Å²) in [5.41, 5.74) is 0.502. The molecule has 0 aliphatic rings. The van der Waals surface area contributed by atoms with Crippen LogP contribution in [0.15, 0.2) is 48.5 Å². The fourth-order valence-corrected chi connectivity index (χ4v) is 3.44. The van der Waals surface area contributed by atoms with Crippen molar-refractivity contribution in [1.82, 2.24) is 5.32 Å². The molecule has 0 fully saturated rings. The molecule has 0 saturated carbocycles. The molecule has 0 aliphatic carbocycles. The van der Waals surface area contributed by atoms with Gasteiger partial charge in [-0.25, -0.2) is 4.79 Å². The van der Waals surface area contributed by atoms with Gasteiger partial charge in [-0.15, -0.1) is 0 Å². The molecule has 1 amide bonds. The topological polar surface area (TPSA) is 167 Å². The molecular weight excluding hydrogens is 472 g/mol. The lowest BCUT2D eigenvalue weighted by molar-refractivity contribution is -0.387. The quantitative estimate of drug-likeness (QED) is 0.0800. The van der Waals surface area contributed by atoms with Gasteiger partial charge in [0.2, 0.25) is 5.90 Å². The second-order valence-corrected chi connectivity index (χ2v) is 8.02. The zero-order valence-electron chi connectivity index (χ0n) is 20.2. The summed E-state index contributed by atoms with van der Waals surface area (Å²) >= 11 is 0. The van der Waals surface area contributed by atoms with E-state index in [0.29, 0.717) is 36.9 Å². The van der Waals surface area contributed by atoms with E-state index in [9.17, 15) is 25.0 Å². The summed E-state index contributed by atoms with van der Waals surface area (Å²) in [4.78, 5) is 43.3. The SMILES string of the molecule is CC(OOC(=N)CCCCCCNC(=O)OC(C)c1ccccc1[N+](=O)[O-])c1ccccc1[N+](=O)[O-]. The molecule has 2 rings (SSSR count). The van der Waals surface area contributed by atoms with E-state index in [1.165, 1.54) is 12.1 Å². The smallest absolute Gasteiger partial charge is 0.407 e. The first-order chi connectivity index (χ1) is 17.2. The van der Waals surface area contributed by atoms with E-state index in [-0.39, 0.29) is 17.3 Å². The molecule has 2 unspecified atom stereocenters. The molecular formula is C24H30N4O8. The van der Waals surface area contributed by atoms with Crippen LogP contribution in [0.2, 0.25) is 0 Å². The molecule has 0 bridgehead atoms. The number of nitro groups is 2. The highest BCUT2D eigenvalue weighted by Gasteiger charge is 2.21. The third-order valence-electron chi connectivity index (χ3n) is 5.32. The molecule has 194 valence electrons. The van der Waals surface area contributed by atoms with Gasteiger partial charge in [0.1, 0.15) is 12.2 Å². The first-order valence-electron chi connectivity index (χ1n) is 11.5. The van der Waals surface area contributed by atoms with Gasteiger partial charge >= 0.3 is 6.09 Å². The Balaban J connectivity index is 1.58. The molecule has 0 radical (unpaired) electrons. The van der Waals surface area contributed by atoms with Crippen LogP contribution in [0.3, 0.4) is 0 Å². The molecule has 2 aromatic carbocycles. The van der Waals surface area contributed by atoms with Crippen molar-refractivity contribution >= 4 is 23.4 Å². The predicted molar refractivity (Wildman–Crippen MR) is 130 cm³/mol. The molecule has 2 N–H and O–H groups in total. The number of nitrogens with one attached hydrogen (secondary N) is 2. The Morgan fingerprint density at radius 3 is 2.00 bits per heavy atom. The van der Waals surface area contributed by atoms with E-state index >= 15 is 0 Å². The lowest BCUT2D eigenvalue weighted by Gasteiger charge is -2.14. The maximum Gasteiger partial charge on any atom is 0.407 e. The van der Waals surface area contributed by atoms with Gasteiger partial charge in [0, 0.05) is 25.1 Å². The normalized spacial score (nSPS) is 12.3. The third-order valence-corrected chi connectivity index (χ3v) is 5.32. The number of hydrogen-bond donors (Lipinski definition) is 2. The van der Waals surface area contributed by atoms with Crippen LogP contribution in [0.5, 0.6) is 0 Å². The molecule has 0 aliphatic heterocycles. The summed E-state index contributed by atoms with van der Waals surface area (Å²) in [6, 6.07) is 12.3. The summed E-state index contributed by atoms with van der Waals surface area (Å²) in [6.07, 6.45) is 1.14. The summed E-state index contributed by atoms with van der Waals surface area (Å²) < 4.78 is 5.23. The maximum atomic E-state index is 12.0. The predicted octanol–water partition coefficient (Wildman–Crippen LogP) is 5.93. The van der Waals surface area contributed by atoms with Crippen molar-refractivity contribution in [2.75, 3.05) is 6.54 Å². The number of alkyl carbamates (subject to hydrolysis) is 1. The minimum absolute atomic E-state index is 0.0755. The van der Waals surface area contributed by atoms with Crippen molar-refractivity contribution in [2.45, 2.75) is 58.2 Å². The molecule has 0 aromatic heterocycles. The zero-order chi connectivity index (χ0) is 26.5. The highest BCUT2D eigenvalue weighted by Crippen LogP contribution is 2.28. The van der Waals surface area contributed by atoms with Gasteiger partial charge in [-0.2, -0.15) is 4.89 Å². The molecule has 2 aromatic rings. The average Bonchev–Trinajstić information content (AvgIpc) is 2.86. The maximum absolute atomic E-state index is 12.0. The van der Waals surface area contributed by atoms with E-state index in [2.05, 4.69) is 5.32 Å². The number of carbonyl (C=O) groups excluding carboxylic acids is 1. The van der Waals surface area contributed by atoms with Crippen molar-refractivity contribution < 1.29 is 29.2 Å². The number of unbranched alkanes of at least 4 members (excludes halogenated alkanes) is 3. The molecule has 12 heteroatoms.